The number of carbonyl (C=O) groups excluding carboxylic acids is 1. The van der Waals surface area contributed by atoms with Gasteiger partial charge in [-0.05, 0) is 35.9 Å². The molecule has 2 aromatic carbocycles. The third kappa shape index (κ3) is 3.87. The van der Waals surface area contributed by atoms with E-state index >= 15 is 0 Å². The van der Waals surface area contributed by atoms with Gasteiger partial charge >= 0.3 is 0 Å². The summed E-state index contributed by atoms with van der Waals surface area (Å²) in [5.74, 6) is -0.0650. The maximum atomic E-state index is 12.1. The van der Waals surface area contributed by atoms with Gasteiger partial charge < -0.3 is 10.1 Å². The number of halogens is 1. The van der Waals surface area contributed by atoms with Crippen LogP contribution in [0, 0.1) is 0 Å². The highest BCUT2D eigenvalue weighted by molar-refractivity contribution is 6.30. The van der Waals surface area contributed by atoms with Crippen molar-refractivity contribution in [3.8, 4) is 0 Å². The molecule has 0 spiro atoms. The Balaban J connectivity index is 2.13. The summed E-state index contributed by atoms with van der Waals surface area (Å²) >= 11 is 5.80. The zero-order valence-corrected chi connectivity index (χ0v) is 11.7. The first kappa shape index (κ1) is 14.2. The van der Waals surface area contributed by atoms with Crippen molar-refractivity contribution >= 4 is 29.3 Å². The molecule has 0 aromatic heterocycles. The largest absolute Gasteiger partial charge is 0.491 e. The van der Waals surface area contributed by atoms with Crippen molar-refractivity contribution in [1.82, 2.24) is 0 Å². The average Bonchev–Trinajstić information content (AvgIpc) is 2.48. The molecular weight excluding hydrogens is 274 g/mol. The lowest BCUT2D eigenvalue weighted by atomic mass is 10.2. The van der Waals surface area contributed by atoms with Gasteiger partial charge in [-0.3, -0.25) is 4.79 Å². The molecule has 0 unspecified atom stereocenters. The van der Waals surface area contributed by atoms with Gasteiger partial charge in [0.15, 0.2) is 5.76 Å². The highest BCUT2D eigenvalue weighted by atomic mass is 35.5. The molecule has 0 bridgehead atoms. The van der Waals surface area contributed by atoms with Crippen LogP contribution in [0.15, 0.2) is 60.4 Å². The van der Waals surface area contributed by atoms with Crippen molar-refractivity contribution < 1.29 is 9.53 Å². The molecule has 0 heterocycles. The summed E-state index contributed by atoms with van der Waals surface area (Å²) in [7, 11) is 1.47. The van der Waals surface area contributed by atoms with Crippen LogP contribution in [0.1, 0.15) is 5.56 Å². The summed E-state index contributed by atoms with van der Waals surface area (Å²) in [5.41, 5.74) is 1.56. The molecule has 102 valence electrons. The van der Waals surface area contributed by atoms with Crippen molar-refractivity contribution in [2.45, 2.75) is 0 Å². The van der Waals surface area contributed by atoms with Crippen LogP contribution in [-0.2, 0) is 9.53 Å². The van der Waals surface area contributed by atoms with Crippen LogP contribution in [0.2, 0.25) is 5.02 Å². The molecule has 1 amide bonds. The van der Waals surface area contributed by atoms with E-state index < -0.39 is 0 Å². The van der Waals surface area contributed by atoms with Crippen molar-refractivity contribution in [1.29, 1.82) is 0 Å². The van der Waals surface area contributed by atoms with Gasteiger partial charge in [-0.25, -0.2) is 0 Å². The number of hydrogen-bond acceptors (Lipinski definition) is 2. The van der Waals surface area contributed by atoms with Crippen LogP contribution in [0.5, 0.6) is 0 Å². The Hall–Kier alpha value is -2.26. The fraction of sp³-hybridized carbons (Fsp3) is 0.0625. The van der Waals surface area contributed by atoms with E-state index in [0.717, 1.165) is 5.56 Å². The zero-order valence-electron chi connectivity index (χ0n) is 11.0. The summed E-state index contributed by atoms with van der Waals surface area (Å²) in [6.45, 7) is 0. The van der Waals surface area contributed by atoms with E-state index in [9.17, 15) is 4.79 Å². The lowest BCUT2D eigenvalue weighted by molar-refractivity contribution is -0.115. The van der Waals surface area contributed by atoms with Gasteiger partial charge in [-0.1, -0.05) is 41.9 Å². The Morgan fingerprint density at radius 1 is 1.10 bits per heavy atom. The van der Waals surface area contributed by atoms with Crippen molar-refractivity contribution in [2.24, 2.45) is 0 Å². The molecule has 0 saturated carbocycles. The number of rotatable bonds is 4. The van der Waals surface area contributed by atoms with Crippen LogP contribution >= 0.6 is 11.6 Å². The quantitative estimate of drug-likeness (QED) is 0.683. The minimum atomic E-state index is -0.307. The van der Waals surface area contributed by atoms with Crippen LogP contribution in [0.4, 0.5) is 5.69 Å². The summed E-state index contributed by atoms with van der Waals surface area (Å²) in [6.07, 6.45) is 1.69. The lowest BCUT2D eigenvalue weighted by Crippen LogP contribution is -2.15. The molecule has 0 aliphatic heterocycles. The number of ether oxygens (including phenoxy) is 1. The lowest BCUT2D eigenvalue weighted by Gasteiger charge is -2.08. The Bertz CT molecular complexity index is 606. The van der Waals surface area contributed by atoms with Crippen LogP contribution < -0.4 is 5.32 Å². The zero-order chi connectivity index (χ0) is 14.4. The Kier molecular flexibility index (Phi) is 4.80. The minimum Gasteiger partial charge on any atom is -0.491 e. The first-order chi connectivity index (χ1) is 9.69. The number of carbonyl (C=O) groups is 1. The van der Waals surface area contributed by atoms with Gasteiger partial charge in [-0.15, -0.1) is 0 Å². The number of methoxy groups -OCH3 is 1. The number of nitrogens with one attached hydrogen (secondary N) is 1. The van der Waals surface area contributed by atoms with Crippen LogP contribution in [0.3, 0.4) is 0 Å². The van der Waals surface area contributed by atoms with E-state index in [1.807, 2.05) is 30.3 Å². The molecule has 0 fully saturated rings. The first-order valence-corrected chi connectivity index (χ1v) is 6.44. The minimum absolute atomic E-state index is 0.242. The molecule has 1 N–H and O–H groups in total. The first-order valence-electron chi connectivity index (χ1n) is 6.06. The van der Waals surface area contributed by atoms with E-state index in [1.165, 1.54) is 7.11 Å². The van der Waals surface area contributed by atoms with Crippen LogP contribution in [0.25, 0.3) is 6.08 Å². The third-order valence-corrected chi connectivity index (χ3v) is 2.90. The van der Waals surface area contributed by atoms with Crippen molar-refractivity contribution in [3.63, 3.8) is 0 Å². The maximum absolute atomic E-state index is 12.1. The molecule has 0 aliphatic rings. The molecule has 0 saturated heterocycles. The molecule has 0 radical (unpaired) electrons. The second-order valence-electron chi connectivity index (χ2n) is 4.08. The summed E-state index contributed by atoms with van der Waals surface area (Å²) in [4.78, 5) is 12.1. The monoisotopic (exact) mass is 287 g/mol. The highest BCUT2D eigenvalue weighted by Crippen LogP contribution is 2.15. The summed E-state index contributed by atoms with van der Waals surface area (Å²) in [6, 6.07) is 16.4. The van der Waals surface area contributed by atoms with E-state index in [4.69, 9.17) is 16.3 Å². The van der Waals surface area contributed by atoms with Gasteiger partial charge in [0.2, 0.25) is 0 Å². The summed E-state index contributed by atoms with van der Waals surface area (Å²) in [5, 5.41) is 3.37. The molecule has 3 nitrogen and oxygen atoms in total. The highest BCUT2D eigenvalue weighted by Gasteiger charge is 2.10. The van der Waals surface area contributed by atoms with E-state index in [0.29, 0.717) is 10.7 Å². The van der Waals surface area contributed by atoms with Gasteiger partial charge in [0.1, 0.15) is 0 Å². The number of hydrogen-bond donors (Lipinski definition) is 1. The number of anilines is 1. The van der Waals surface area contributed by atoms with Gasteiger partial charge in [-0.2, -0.15) is 0 Å². The topological polar surface area (TPSA) is 38.3 Å². The third-order valence-electron chi connectivity index (χ3n) is 2.64. The van der Waals surface area contributed by atoms with Crippen molar-refractivity contribution in [3.05, 3.63) is 70.9 Å². The SMILES string of the molecule is CO/C(=C\c1ccccc1)C(=O)Nc1ccc(Cl)cc1. The van der Waals surface area contributed by atoms with Gasteiger partial charge in [0, 0.05) is 10.7 Å². The predicted molar refractivity (Wildman–Crippen MR) is 81.5 cm³/mol. The summed E-state index contributed by atoms with van der Waals surface area (Å²) < 4.78 is 5.13. The number of amides is 1. The maximum Gasteiger partial charge on any atom is 0.290 e. The molecule has 4 heteroatoms. The second-order valence-corrected chi connectivity index (χ2v) is 4.52. The Morgan fingerprint density at radius 2 is 1.75 bits per heavy atom. The molecule has 20 heavy (non-hydrogen) atoms. The number of benzene rings is 2. The molecule has 0 aliphatic carbocycles. The smallest absolute Gasteiger partial charge is 0.290 e. The normalized spacial score (nSPS) is 11.0. The fourth-order valence-electron chi connectivity index (χ4n) is 1.64. The Morgan fingerprint density at radius 3 is 2.35 bits per heavy atom. The predicted octanol–water partition coefficient (Wildman–Crippen LogP) is 3.97. The molecule has 2 rings (SSSR count). The standard InChI is InChI=1S/C16H14ClNO2/c1-20-15(11-12-5-3-2-4-6-12)16(19)18-14-9-7-13(17)8-10-14/h2-11H,1H3,(H,18,19)/b15-11-. The van der Waals surface area contributed by atoms with E-state index in [2.05, 4.69) is 5.32 Å². The van der Waals surface area contributed by atoms with Gasteiger partial charge in [0.05, 0.1) is 7.11 Å². The van der Waals surface area contributed by atoms with E-state index in [1.54, 1.807) is 30.3 Å². The van der Waals surface area contributed by atoms with Crippen molar-refractivity contribution in [2.75, 3.05) is 12.4 Å². The van der Waals surface area contributed by atoms with Gasteiger partial charge in [0.25, 0.3) is 5.91 Å². The average molecular weight is 288 g/mol. The molecular formula is C16H14ClNO2. The van der Waals surface area contributed by atoms with Crippen LogP contribution in [-0.4, -0.2) is 13.0 Å². The molecule has 0 atom stereocenters. The fourth-order valence-corrected chi connectivity index (χ4v) is 1.77. The second kappa shape index (κ2) is 6.78. The Labute approximate surface area is 122 Å². The van der Waals surface area contributed by atoms with E-state index in [-0.39, 0.29) is 11.7 Å². The molecule has 2 aromatic rings.